The molecule has 0 saturated heterocycles. The first-order valence-corrected chi connectivity index (χ1v) is 7.42. The van der Waals surface area contributed by atoms with Crippen LogP contribution in [-0.2, 0) is 0 Å². The van der Waals surface area contributed by atoms with E-state index in [1.807, 2.05) is 6.92 Å². The predicted octanol–water partition coefficient (Wildman–Crippen LogP) is 2.82. The zero-order valence-corrected chi connectivity index (χ0v) is 13.3. The van der Waals surface area contributed by atoms with Crippen LogP contribution in [0.1, 0.15) is 30.9 Å². The van der Waals surface area contributed by atoms with Gasteiger partial charge in [-0.1, -0.05) is 13.3 Å². The van der Waals surface area contributed by atoms with E-state index in [1.54, 1.807) is 12.1 Å². The molecule has 6 nitrogen and oxygen atoms in total. The number of nitrogens with zero attached hydrogens (tertiary/aromatic N) is 2. The minimum Gasteiger partial charge on any atom is -0.493 e. The SMILES string of the molecule is CCCCOc1cc(F)c(-c2c(C#N)c(N)[nH]c(=O)c2C#N)c(F)c1. The van der Waals surface area contributed by atoms with Crippen molar-refractivity contribution in [1.82, 2.24) is 4.98 Å². The molecule has 8 heteroatoms. The molecule has 0 aliphatic heterocycles. The maximum absolute atomic E-state index is 14.5. The topological polar surface area (TPSA) is 116 Å². The van der Waals surface area contributed by atoms with Crippen molar-refractivity contribution in [3.8, 4) is 29.0 Å². The molecule has 0 saturated carbocycles. The Labute approximate surface area is 142 Å². The molecule has 1 heterocycles. The summed E-state index contributed by atoms with van der Waals surface area (Å²) >= 11 is 0. The number of nitrogens with one attached hydrogen (secondary N) is 1. The van der Waals surface area contributed by atoms with E-state index in [4.69, 9.17) is 15.7 Å². The minimum absolute atomic E-state index is 0.0259. The van der Waals surface area contributed by atoms with Crippen molar-refractivity contribution in [1.29, 1.82) is 10.5 Å². The summed E-state index contributed by atoms with van der Waals surface area (Å²) in [6.07, 6.45) is 1.57. The van der Waals surface area contributed by atoms with Crippen LogP contribution in [0, 0.1) is 34.3 Å². The normalized spacial score (nSPS) is 10.1. The second-order valence-corrected chi connectivity index (χ2v) is 5.18. The predicted molar refractivity (Wildman–Crippen MR) is 86.7 cm³/mol. The van der Waals surface area contributed by atoms with Crippen molar-refractivity contribution < 1.29 is 13.5 Å². The maximum Gasteiger partial charge on any atom is 0.268 e. The van der Waals surface area contributed by atoms with Gasteiger partial charge in [-0.25, -0.2) is 8.78 Å². The second-order valence-electron chi connectivity index (χ2n) is 5.18. The zero-order chi connectivity index (χ0) is 18.6. The number of hydrogen-bond acceptors (Lipinski definition) is 5. The lowest BCUT2D eigenvalue weighted by Crippen LogP contribution is -2.17. The van der Waals surface area contributed by atoms with Crippen LogP contribution in [0.15, 0.2) is 16.9 Å². The first-order chi connectivity index (χ1) is 11.9. The Morgan fingerprint density at radius 1 is 1.16 bits per heavy atom. The first-order valence-electron chi connectivity index (χ1n) is 7.42. The largest absolute Gasteiger partial charge is 0.493 e. The Bertz CT molecular complexity index is 932. The molecular weight excluding hydrogens is 330 g/mol. The molecule has 0 bridgehead atoms. The molecule has 0 atom stereocenters. The van der Waals surface area contributed by atoms with Gasteiger partial charge in [0, 0.05) is 17.7 Å². The van der Waals surface area contributed by atoms with Crippen molar-refractivity contribution in [3.63, 3.8) is 0 Å². The lowest BCUT2D eigenvalue weighted by Gasteiger charge is -2.12. The summed E-state index contributed by atoms with van der Waals surface area (Å²) in [6.45, 7) is 2.23. The molecule has 0 amide bonds. The fourth-order valence-electron chi connectivity index (χ4n) is 2.30. The van der Waals surface area contributed by atoms with Gasteiger partial charge >= 0.3 is 0 Å². The van der Waals surface area contributed by atoms with Gasteiger partial charge < -0.3 is 15.5 Å². The van der Waals surface area contributed by atoms with Crippen LogP contribution in [0.5, 0.6) is 5.75 Å². The van der Waals surface area contributed by atoms with Crippen molar-refractivity contribution in [2.45, 2.75) is 19.8 Å². The molecule has 0 aliphatic carbocycles. The summed E-state index contributed by atoms with van der Waals surface area (Å²) in [6, 6.07) is 5.10. The number of unbranched alkanes of at least 4 members (excludes halogenated alkanes) is 1. The molecule has 2 aromatic rings. The molecule has 2 rings (SSSR count). The number of aromatic nitrogens is 1. The summed E-state index contributed by atoms with van der Waals surface area (Å²) in [5.41, 5.74) is 2.49. The highest BCUT2D eigenvalue weighted by molar-refractivity contribution is 5.81. The highest BCUT2D eigenvalue weighted by atomic mass is 19.1. The number of benzene rings is 1. The summed E-state index contributed by atoms with van der Waals surface area (Å²) in [4.78, 5) is 14.0. The van der Waals surface area contributed by atoms with Crippen molar-refractivity contribution >= 4 is 5.82 Å². The van der Waals surface area contributed by atoms with E-state index in [1.165, 1.54) is 0 Å². The lowest BCUT2D eigenvalue weighted by atomic mass is 9.95. The molecular formula is C17H14F2N4O2. The van der Waals surface area contributed by atoms with Gasteiger partial charge in [-0.3, -0.25) is 4.79 Å². The molecule has 0 spiro atoms. The molecule has 0 radical (unpaired) electrons. The number of rotatable bonds is 5. The number of ether oxygens (including phenoxy) is 1. The third-order valence-corrected chi connectivity index (χ3v) is 3.50. The van der Waals surface area contributed by atoms with E-state index in [0.29, 0.717) is 13.0 Å². The van der Waals surface area contributed by atoms with Crippen LogP contribution in [0.2, 0.25) is 0 Å². The van der Waals surface area contributed by atoms with E-state index in [0.717, 1.165) is 18.6 Å². The van der Waals surface area contributed by atoms with Gasteiger partial charge in [-0.15, -0.1) is 0 Å². The summed E-state index contributed by atoms with van der Waals surface area (Å²) in [5, 5.41) is 18.4. The van der Waals surface area contributed by atoms with Gasteiger partial charge in [-0.05, 0) is 6.42 Å². The quantitative estimate of drug-likeness (QED) is 0.809. The number of aromatic amines is 1. The number of nitrogens with two attached hydrogens (primary N) is 1. The molecule has 0 fully saturated rings. The summed E-state index contributed by atoms with van der Waals surface area (Å²) in [5.74, 6) is -2.53. The third kappa shape index (κ3) is 3.43. The molecule has 3 N–H and O–H groups in total. The van der Waals surface area contributed by atoms with Crippen molar-refractivity contribution in [2.75, 3.05) is 12.3 Å². The molecule has 1 aromatic carbocycles. The number of halogens is 2. The Kier molecular flexibility index (Phi) is 5.35. The monoisotopic (exact) mass is 344 g/mol. The van der Waals surface area contributed by atoms with E-state index >= 15 is 0 Å². The standard InChI is InChI=1S/C17H14F2N4O2/c1-2-3-4-25-9-5-12(18)15(13(19)6-9)14-10(7-20)16(22)23-17(24)11(14)8-21/h5-6H,2-4H2,1H3,(H3,22,23,24). The Balaban J connectivity index is 2.70. The molecule has 128 valence electrons. The van der Waals surface area contributed by atoms with Crippen molar-refractivity contribution in [3.05, 3.63) is 45.2 Å². The number of pyridine rings is 1. The van der Waals surface area contributed by atoms with E-state index in [2.05, 4.69) is 4.98 Å². The Hall–Kier alpha value is -3.39. The van der Waals surface area contributed by atoms with Crippen molar-refractivity contribution in [2.24, 2.45) is 0 Å². The highest BCUT2D eigenvalue weighted by Crippen LogP contribution is 2.34. The second kappa shape index (κ2) is 7.45. The Morgan fingerprint density at radius 2 is 1.76 bits per heavy atom. The van der Waals surface area contributed by atoms with Crippen LogP contribution in [-0.4, -0.2) is 11.6 Å². The van der Waals surface area contributed by atoms with E-state index < -0.39 is 33.9 Å². The van der Waals surface area contributed by atoms with E-state index in [-0.39, 0.29) is 17.1 Å². The zero-order valence-electron chi connectivity index (χ0n) is 13.3. The fraction of sp³-hybridized carbons (Fsp3) is 0.235. The first kappa shape index (κ1) is 18.0. The Morgan fingerprint density at radius 3 is 2.28 bits per heavy atom. The summed E-state index contributed by atoms with van der Waals surface area (Å²) in [7, 11) is 0. The third-order valence-electron chi connectivity index (χ3n) is 3.50. The molecule has 25 heavy (non-hydrogen) atoms. The molecule has 0 unspecified atom stereocenters. The number of hydrogen-bond donors (Lipinski definition) is 2. The summed E-state index contributed by atoms with van der Waals surface area (Å²) < 4.78 is 34.3. The van der Waals surface area contributed by atoms with Crippen LogP contribution >= 0.6 is 0 Å². The van der Waals surface area contributed by atoms with Crippen LogP contribution < -0.4 is 16.0 Å². The van der Waals surface area contributed by atoms with E-state index in [9.17, 15) is 18.8 Å². The van der Waals surface area contributed by atoms with Gasteiger partial charge in [0.05, 0.1) is 12.2 Å². The fourth-order valence-corrected chi connectivity index (χ4v) is 2.30. The van der Waals surface area contributed by atoms with Gasteiger partial charge in [0.2, 0.25) is 0 Å². The van der Waals surface area contributed by atoms with Gasteiger partial charge in [0.15, 0.2) is 0 Å². The molecule has 1 aromatic heterocycles. The maximum atomic E-state index is 14.5. The minimum atomic E-state index is -1.07. The highest BCUT2D eigenvalue weighted by Gasteiger charge is 2.24. The van der Waals surface area contributed by atoms with Crippen LogP contribution in [0.3, 0.4) is 0 Å². The van der Waals surface area contributed by atoms with Crippen LogP contribution in [0.25, 0.3) is 11.1 Å². The number of anilines is 1. The van der Waals surface area contributed by atoms with Gasteiger partial charge in [0.1, 0.15) is 46.5 Å². The number of H-pyrrole nitrogens is 1. The number of nitrogen functional groups attached to an aromatic ring is 1. The average molecular weight is 344 g/mol. The lowest BCUT2D eigenvalue weighted by molar-refractivity contribution is 0.306. The van der Waals surface area contributed by atoms with Gasteiger partial charge in [-0.2, -0.15) is 10.5 Å². The smallest absolute Gasteiger partial charge is 0.268 e. The van der Waals surface area contributed by atoms with Crippen LogP contribution in [0.4, 0.5) is 14.6 Å². The number of nitriles is 2. The average Bonchev–Trinajstić information content (AvgIpc) is 2.54. The van der Waals surface area contributed by atoms with Gasteiger partial charge in [0.25, 0.3) is 5.56 Å². The molecule has 0 aliphatic rings.